The lowest BCUT2D eigenvalue weighted by Crippen LogP contribution is -2.43. The fourth-order valence-electron chi connectivity index (χ4n) is 3.42. The summed E-state index contributed by atoms with van der Waals surface area (Å²) in [6.45, 7) is 0.544. The fourth-order valence-corrected chi connectivity index (χ4v) is 3.42. The molecule has 0 unspecified atom stereocenters. The summed E-state index contributed by atoms with van der Waals surface area (Å²) in [6.07, 6.45) is 9.92. The first-order chi connectivity index (χ1) is 9.10. The largest absolute Gasteiger partial charge is 0.481 e. The second-order valence-electron chi connectivity index (χ2n) is 6.39. The van der Waals surface area contributed by atoms with E-state index in [4.69, 9.17) is 5.11 Å². The van der Waals surface area contributed by atoms with Crippen molar-refractivity contribution in [3.05, 3.63) is 0 Å². The van der Waals surface area contributed by atoms with E-state index in [9.17, 15) is 9.59 Å². The fraction of sp³-hybridized carbons (Fsp3) is 0.867. The number of nitrogens with one attached hydrogen (secondary N) is 1. The molecule has 0 aromatic rings. The number of carboxylic acid groups (broad SMARTS) is 1. The smallest absolute Gasteiger partial charge is 0.303 e. The Hall–Kier alpha value is -1.06. The Labute approximate surface area is 115 Å². The molecule has 0 aromatic carbocycles. The third-order valence-electron chi connectivity index (χ3n) is 4.86. The van der Waals surface area contributed by atoms with Crippen molar-refractivity contribution in [3.63, 3.8) is 0 Å². The summed E-state index contributed by atoms with van der Waals surface area (Å²) >= 11 is 0. The van der Waals surface area contributed by atoms with E-state index in [1.165, 1.54) is 25.7 Å². The van der Waals surface area contributed by atoms with Crippen LogP contribution in [0.25, 0.3) is 0 Å². The van der Waals surface area contributed by atoms with Gasteiger partial charge in [0.15, 0.2) is 0 Å². The van der Waals surface area contributed by atoms with E-state index in [1.54, 1.807) is 0 Å². The average molecular weight is 267 g/mol. The summed E-state index contributed by atoms with van der Waals surface area (Å²) in [4.78, 5) is 22.7. The molecule has 0 aromatic heterocycles. The molecule has 0 spiro atoms. The zero-order chi connectivity index (χ0) is 13.7. The number of carbonyl (C=O) groups is 2. The highest BCUT2D eigenvalue weighted by molar-refractivity contribution is 5.76. The van der Waals surface area contributed by atoms with Crippen molar-refractivity contribution in [2.24, 2.45) is 11.3 Å². The van der Waals surface area contributed by atoms with Crippen LogP contribution in [-0.4, -0.2) is 23.5 Å². The zero-order valence-electron chi connectivity index (χ0n) is 11.6. The van der Waals surface area contributed by atoms with Gasteiger partial charge in [0.1, 0.15) is 0 Å². The second kappa shape index (κ2) is 6.40. The molecule has 1 amide bonds. The number of rotatable bonds is 7. The van der Waals surface area contributed by atoms with E-state index in [-0.39, 0.29) is 17.7 Å². The van der Waals surface area contributed by atoms with Crippen LogP contribution in [-0.2, 0) is 9.59 Å². The lowest BCUT2D eigenvalue weighted by atomic mass is 9.66. The van der Waals surface area contributed by atoms with Gasteiger partial charge in [-0.25, -0.2) is 0 Å². The first kappa shape index (κ1) is 14.4. The van der Waals surface area contributed by atoms with Gasteiger partial charge < -0.3 is 10.4 Å². The predicted octanol–water partition coefficient (Wildman–Crippen LogP) is 2.72. The van der Waals surface area contributed by atoms with E-state index in [0.717, 1.165) is 31.6 Å². The topological polar surface area (TPSA) is 66.4 Å². The molecule has 0 bridgehead atoms. The summed E-state index contributed by atoms with van der Waals surface area (Å²) in [5.74, 6) is 0.0888. The average Bonchev–Trinajstić information content (AvgIpc) is 2.82. The van der Waals surface area contributed by atoms with Gasteiger partial charge in [-0.1, -0.05) is 32.1 Å². The van der Waals surface area contributed by atoms with Crippen LogP contribution < -0.4 is 5.32 Å². The second-order valence-corrected chi connectivity index (χ2v) is 6.39. The molecular weight excluding hydrogens is 242 g/mol. The van der Waals surface area contributed by atoms with Crippen molar-refractivity contribution in [1.82, 2.24) is 5.32 Å². The molecule has 2 N–H and O–H groups in total. The molecular formula is C15H25NO3. The van der Waals surface area contributed by atoms with Crippen molar-refractivity contribution >= 4 is 11.9 Å². The van der Waals surface area contributed by atoms with Crippen LogP contribution in [0, 0.1) is 11.3 Å². The minimum atomic E-state index is -0.750. The number of amides is 1. The monoisotopic (exact) mass is 267 g/mol. The number of aliphatic carboxylic acids is 1. The van der Waals surface area contributed by atoms with Crippen LogP contribution >= 0.6 is 0 Å². The highest BCUT2D eigenvalue weighted by atomic mass is 16.4. The molecule has 2 fully saturated rings. The maximum atomic E-state index is 11.8. The maximum absolute atomic E-state index is 11.8. The van der Waals surface area contributed by atoms with Crippen LogP contribution in [0.3, 0.4) is 0 Å². The standard InChI is InChI=1S/C15H25NO3/c17-13(7-6-12-4-1-2-5-12)16-11-15(8-3-9-15)10-14(18)19/h12H,1-11H2,(H,16,17)(H,18,19). The molecule has 0 aliphatic heterocycles. The molecule has 4 heteroatoms. The van der Waals surface area contributed by atoms with Gasteiger partial charge in [-0.15, -0.1) is 0 Å². The number of carbonyl (C=O) groups excluding carboxylic acids is 1. The normalized spacial score (nSPS) is 21.9. The Morgan fingerprint density at radius 3 is 2.37 bits per heavy atom. The molecule has 108 valence electrons. The lowest BCUT2D eigenvalue weighted by molar-refractivity contribution is -0.141. The summed E-state index contributed by atoms with van der Waals surface area (Å²) in [6, 6.07) is 0. The van der Waals surface area contributed by atoms with Crippen molar-refractivity contribution < 1.29 is 14.7 Å². The number of carboxylic acids is 1. The van der Waals surface area contributed by atoms with E-state index in [2.05, 4.69) is 5.32 Å². The van der Waals surface area contributed by atoms with Crippen molar-refractivity contribution in [2.45, 2.75) is 64.2 Å². The van der Waals surface area contributed by atoms with Gasteiger partial charge >= 0.3 is 5.97 Å². The van der Waals surface area contributed by atoms with Gasteiger partial charge in [-0.2, -0.15) is 0 Å². The molecule has 2 rings (SSSR count). The summed E-state index contributed by atoms with van der Waals surface area (Å²) in [5.41, 5.74) is -0.158. The van der Waals surface area contributed by atoms with Crippen LogP contribution in [0.1, 0.15) is 64.2 Å². The van der Waals surface area contributed by atoms with Crippen molar-refractivity contribution in [3.8, 4) is 0 Å². The molecule has 0 saturated heterocycles. The predicted molar refractivity (Wildman–Crippen MR) is 72.7 cm³/mol. The highest BCUT2D eigenvalue weighted by Crippen LogP contribution is 2.43. The van der Waals surface area contributed by atoms with Gasteiger partial charge in [-0.05, 0) is 30.6 Å². The minimum Gasteiger partial charge on any atom is -0.481 e. The quantitative estimate of drug-likeness (QED) is 0.745. The first-order valence-corrected chi connectivity index (χ1v) is 7.58. The lowest BCUT2D eigenvalue weighted by Gasteiger charge is -2.40. The van der Waals surface area contributed by atoms with Gasteiger partial charge in [0, 0.05) is 13.0 Å². The molecule has 2 aliphatic carbocycles. The Balaban J connectivity index is 1.65. The van der Waals surface area contributed by atoms with E-state index >= 15 is 0 Å². The Bertz CT molecular complexity index is 330. The van der Waals surface area contributed by atoms with E-state index in [1.807, 2.05) is 0 Å². The molecule has 2 saturated carbocycles. The Morgan fingerprint density at radius 1 is 1.16 bits per heavy atom. The highest BCUT2D eigenvalue weighted by Gasteiger charge is 2.39. The summed E-state index contributed by atoms with van der Waals surface area (Å²) in [5, 5.41) is 11.9. The molecule has 0 heterocycles. The minimum absolute atomic E-state index is 0.101. The number of hydrogen-bond donors (Lipinski definition) is 2. The van der Waals surface area contributed by atoms with Gasteiger partial charge in [-0.3, -0.25) is 9.59 Å². The number of hydrogen-bond acceptors (Lipinski definition) is 2. The zero-order valence-corrected chi connectivity index (χ0v) is 11.6. The molecule has 0 radical (unpaired) electrons. The Morgan fingerprint density at radius 2 is 1.84 bits per heavy atom. The van der Waals surface area contributed by atoms with Crippen LogP contribution in [0.5, 0.6) is 0 Å². The van der Waals surface area contributed by atoms with Crippen molar-refractivity contribution in [2.75, 3.05) is 6.54 Å². The third kappa shape index (κ3) is 4.22. The first-order valence-electron chi connectivity index (χ1n) is 7.58. The Kier molecular flexibility index (Phi) is 4.83. The van der Waals surface area contributed by atoms with Gasteiger partial charge in [0.05, 0.1) is 6.42 Å². The van der Waals surface area contributed by atoms with Crippen LogP contribution in [0.15, 0.2) is 0 Å². The van der Waals surface area contributed by atoms with E-state index < -0.39 is 5.97 Å². The molecule has 0 atom stereocenters. The van der Waals surface area contributed by atoms with Crippen LogP contribution in [0.2, 0.25) is 0 Å². The third-order valence-corrected chi connectivity index (χ3v) is 4.86. The van der Waals surface area contributed by atoms with E-state index in [0.29, 0.717) is 13.0 Å². The summed E-state index contributed by atoms with van der Waals surface area (Å²) < 4.78 is 0. The van der Waals surface area contributed by atoms with Crippen LogP contribution in [0.4, 0.5) is 0 Å². The van der Waals surface area contributed by atoms with Gasteiger partial charge in [0.25, 0.3) is 0 Å². The molecule has 19 heavy (non-hydrogen) atoms. The molecule has 4 nitrogen and oxygen atoms in total. The maximum Gasteiger partial charge on any atom is 0.303 e. The SMILES string of the molecule is O=C(O)CC1(CNC(=O)CCC2CCCC2)CCC1. The molecule has 2 aliphatic rings. The summed E-state index contributed by atoms with van der Waals surface area (Å²) in [7, 11) is 0. The van der Waals surface area contributed by atoms with Gasteiger partial charge in [0.2, 0.25) is 5.91 Å². The van der Waals surface area contributed by atoms with Crippen molar-refractivity contribution in [1.29, 1.82) is 0 Å².